The molecule has 2 aromatic carbocycles. The third kappa shape index (κ3) is 4.14. The first-order chi connectivity index (χ1) is 12.6. The van der Waals surface area contributed by atoms with Crippen LogP contribution in [0, 0.1) is 0 Å². The van der Waals surface area contributed by atoms with E-state index in [0.717, 1.165) is 12.8 Å². The SMILES string of the molecule is COc1cc(C(=O)O)ccc1NC(=O)COc1ccc2c(c1)CCCC2. The van der Waals surface area contributed by atoms with Crippen LogP contribution < -0.4 is 14.8 Å². The lowest BCUT2D eigenvalue weighted by Crippen LogP contribution is -2.20. The first kappa shape index (κ1) is 17.8. The highest BCUT2D eigenvalue weighted by Gasteiger charge is 2.13. The molecule has 2 aromatic rings. The van der Waals surface area contributed by atoms with Gasteiger partial charge in [0.2, 0.25) is 0 Å². The minimum atomic E-state index is -1.06. The monoisotopic (exact) mass is 355 g/mol. The molecule has 0 fully saturated rings. The molecule has 0 aliphatic heterocycles. The second-order valence-electron chi connectivity index (χ2n) is 6.19. The molecule has 6 heteroatoms. The van der Waals surface area contributed by atoms with Crippen LogP contribution in [0.15, 0.2) is 36.4 Å². The first-order valence-electron chi connectivity index (χ1n) is 8.52. The summed E-state index contributed by atoms with van der Waals surface area (Å²) < 4.78 is 10.7. The molecule has 0 heterocycles. The summed E-state index contributed by atoms with van der Waals surface area (Å²) in [7, 11) is 1.42. The average molecular weight is 355 g/mol. The number of amides is 1. The molecule has 0 radical (unpaired) electrons. The smallest absolute Gasteiger partial charge is 0.335 e. The van der Waals surface area contributed by atoms with Gasteiger partial charge >= 0.3 is 5.97 Å². The summed E-state index contributed by atoms with van der Waals surface area (Å²) in [5.74, 6) is -0.443. The van der Waals surface area contributed by atoms with E-state index >= 15 is 0 Å². The van der Waals surface area contributed by atoms with Gasteiger partial charge in [-0.05, 0) is 67.1 Å². The van der Waals surface area contributed by atoms with Crippen molar-refractivity contribution in [3.05, 3.63) is 53.1 Å². The molecule has 0 atom stereocenters. The summed E-state index contributed by atoms with van der Waals surface area (Å²) in [6.45, 7) is -0.136. The van der Waals surface area contributed by atoms with Gasteiger partial charge in [0.1, 0.15) is 11.5 Å². The molecule has 0 unspecified atom stereocenters. The maximum absolute atomic E-state index is 12.2. The van der Waals surface area contributed by atoms with Crippen molar-refractivity contribution in [3.63, 3.8) is 0 Å². The molecule has 0 bridgehead atoms. The molecule has 1 amide bonds. The van der Waals surface area contributed by atoms with Crippen molar-refractivity contribution in [1.82, 2.24) is 0 Å². The number of fused-ring (bicyclic) bond motifs is 1. The number of benzene rings is 2. The van der Waals surface area contributed by atoms with Gasteiger partial charge in [-0.25, -0.2) is 4.79 Å². The molecule has 6 nitrogen and oxygen atoms in total. The van der Waals surface area contributed by atoms with Crippen molar-refractivity contribution in [2.45, 2.75) is 25.7 Å². The number of aryl methyl sites for hydroxylation is 2. The minimum Gasteiger partial charge on any atom is -0.495 e. The number of methoxy groups -OCH3 is 1. The summed E-state index contributed by atoms with van der Waals surface area (Å²) in [6, 6.07) is 10.2. The Morgan fingerprint density at radius 3 is 2.58 bits per heavy atom. The fraction of sp³-hybridized carbons (Fsp3) is 0.300. The molecule has 2 N–H and O–H groups in total. The minimum absolute atomic E-state index is 0.0881. The van der Waals surface area contributed by atoms with Crippen LogP contribution in [-0.4, -0.2) is 30.7 Å². The van der Waals surface area contributed by atoms with Crippen LogP contribution in [0.5, 0.6) is 11.5 Å². The molecule has 0 saturated carbocycles. The van der Waals surface area contributed by atoms with Gasteiger partial charge in [-0.3, -0.25) is 4.79 Å². The summed E-state index contributed by atoms with van der Waals surface area (Å²) >= 11 is 0. The van der Waals surface area contributed by atoms with Crippen LogP contribution in [0.1, 0.15) is 34.3 Å². The number of hydrogen-bond acceptors (Lipinski definition) is 4. The zero-order valence-electron chi connectivity index (χ0n) is 14.6. The Hall–Kier alpha value is -3.02. The number of nitrogens with one attached hydrogen (secondary N) is 1. The maximum Gasteiger partial charge on any atom is 0.335 e. The van der Waals surface area contributed by atoms with Crippen molar-refractivity contribution in [3.8, 4) is 11.5 Å². The predicted octanol–water partition coefficient (Wildman–Crippen LogP) is 3.29. The molecule has 1 aliphatic rings. The van der Waals surface area contributed by atoms with E-state index in [4.69, 9.17) is 14.6 Å². The van der Waals surface area contributed by atoms with Crippen LogP contribution >= 0.6 is 0 Å². The van der Waals surface area contributed by atoms with Crippen LogP contribution in [0.25, 0.3) is 0 Å². The summed E-state index contributed by atoms with van der Waals surface area (Å²) in [5.41, 5.74) is 3.14. The second kappa shape index (κ2) is 7.91. The van der Waals surface area contributed by atoms with E-state index < -0.39 is 5.97 Å². The van der Waals surface area contributed by atoms with Gasteiger partial charge in [-0.1, -0.05) is 6.07 Å². The van der Waals surface area contributed by atoms with Gasteiger partial charge < -0.3 is 19.9 Å². The highest BCUT2D eigenvalue weighted by molar-refractivity contribution is 5.95. The van der Waals surface area contributed by atoms with Crippen molar-refractivity contribution in [2.75, 3.05) is 19.0 Å². The van der Waals surface area contributed by atoms with E-state index in [-0.39, 0.29) is 23.8 Å². The molecular weight excluding hydrogens is 334 g/mol. The van der Waals surface area contributed by atoms with Crippen LogP contribution in [0.4, 0.5) is 5.69 Å². The molecule has 136 valence electrons. The van der Waals surface area contributed by atoms with Crippen molar-refractivity contribution in [1.29, 1.82) is 0 Å². The predicted molar refractivity (Wildman–Crippen MR) is 97.2 cm³/mol. The number of carbonyl (C=O) groups is 2. The third-order valence-corrected chi connectivity index (χ3v) is 4.41. The number of ether oxygens (including phenoxy) is 2. The zero-order chi connectivity index (χ0) is 18.5. The van der Waals surface area contributed by atoms with E-state index in [1.54, 1.807) is 0 Å². The number of carbonyl (C=O) groups excluding carboxylic acids is 1. The quantitative estimate of drug-likeness (QED) is 0.831. The van der Waals surface area contributed by atoms with E-state index in [2.05, 4.69) is 11.4 Å². The van der Waals surface area contributed by atoms with Gasteiger partial charge in [0.15, 0.2) is 6.61 Å². The Kier molecular flexibility index (Phi) is 5.41. The van der Waals surface area contributed by atoms with Gasteiger partial charge in [-0.2, -0.15) is 0 Å². The lowest BCUT2D eigenvalue weighted by Gasteiger charge is -2.17. The molecule has 3 rings (SSSR count). The number of carboxylic acids is 1. The number of aromatic carboxylic acids is 1. The lowest BCUT2D eigenvalue weighted by molar-refractivity contribution is -0.118. The summed E-state index contributed by atoms with van der Waals surface area (Å²) in [5, 5.41) is 11.7. The van der Waals surface area contributed by atoms with Crippen molar-refractivity contribution >= 4 is 17.6 Å². The number of hydrogen-bond donors (Lipinski definition) is 2. The Bertz CT molecular complexity index is 831. The summed E-state index contributed by atoms with van der Waals surface area (Å²) in [4.78, 5) is 23.2. The Balaban J connectivity index is 1.61. The van der Waals surface area contributed by atoms with E-state index in [1.807, 2.05) is 12.1 Å². The first-order valence-corrected chi connectivity index (χ1v) is 8.52. The van der Waals surface area contributed by atoms with Gasteiger partial charge in [0.05, 0.1) is 18.4 Å². The lowest BCUT2D eigenvalue weighted by atomic mass is 9.92. The van der Waals surface area contributed by atoms with Crippen LogP contribution in [0.3, 0.4) is 0 Å². The normalized spacial score (nSPS) is 12.8. The zero-order valence-corrected chi connectivity index (χ0v) is 14.6. The topological polar surface area (TPSA) is 84.9 Å². The fourth-order valence-corrected chi connectivity index (χ4v) is 3.06. The highest BCUT2D eigenvalue weighted by Crippen LogP contribution is 2.27. The molecule has 0 aromatic heterocycles. The van der Waals surface area contributed by atoms with Crippen LogP contribution in [0.2, 0.25) is 0 Å². The van der Waals surface area contributed by atoms with Crippen molar-refractivity contribution < 1.29 is 24.2 Å². The van der Waals surface area contributed by atoms with Gasteiger partial charge in [-0.15, -0.1) is 0 Å². The van der Waals surface area contributed by atoms with E-state index in [0.29, 0.717) is 11.4 Å². The Morgan fingerprint density at radius 1 is 1.08 bits per heavy atom. The Morgan fingerprint density at radius 2 is 1.85 bits per heavy atom. The van der Waals surface area contributed by atoms with Crippen LogP contribution in [-0.2, 0) is 17.6 Å². The van der Waals surface area contributed by atoms with Gasteiger partial charge in [0, 0.05) is 0 Å². The highest BCUT2D eigenvalue weighted by atomic mass is 16.5. The number of anilines is 1. The Labute approximate surface area is 151 Å². The molecular formula is C20H21NO5. The number of rotatable bonds is 6. The van der Waals surface area contributed by atoms with Crippen molar-refractivity contribution in [2.24, 2.45) is 0 Å². The standard InChI is InChI=1S/C20H21NO5/c1-25-18-11-15(20(23)24)7-9-17(18)21-19(22)12-26-16-8-6-13-4-2-3-5-14(13)10-16/h6-11H,2-5,12H2,1H3,(H,21,22)(H,23,24). The largest absolute Gasteiger partial charge is 0.495 e. The van der Waals surface area contributed by atoms with E-state index in [9.17, 15) is 9.59 Å². The second-order valence-corrected chi connectivity index (χ2v) is 6.19. The maximum atomic E-state index is 12.2. The summed E-state index contributed by atoms with van der Waals surface area (Å²) in [6.07, 6.45) is 4.55. The molecule has 1 aliphatic carbocycles. The number of carboxylic acid groups (broad SMARTS) is 1. The average Bonchev–Trinajstić information content (AvgIpc) is 2.66. The third-order valence-electron chi connectivity index (χ3n) is 4.41. The molecule has 26 heavy (non-hydrogen) atoms. The molecule has 0 spiro atoms. The fourth-order valence-electron chi connectivity index (χ4n) is 3.06. The van der Waals surface area contributed by atoms with Gasteiger partial charge in [0.25, 0.3) is 5.91 Å². The van der Waals surface area contributed by atoms with E-state index in [1.165, 1.54) is 49.3 Å². The molecule has 0 saturated heterocycles.